The van der Waals surface area contributed by atoms with E-state index in [2.05, 4.69) is 5.92 Å². The zero-order chi connectivity index (χ0) is 7.61. The van der Waals surface area contributed by atoms with Gasteiger partial charge in [0.05, 0.1) is 5.41 Å². The second-order valence-corrected chi connectivity index (χ2v) is 2.79. The second-order valence-electron chi connectivity index (χ2n) is 2.79. The summed E-state index contributed by atoms with van der Waals surface area (Å²) in [5, 5.41) is 8.66. The Balaban J connectivity index is 2.40. The van der Waals surface area contributed by atoms with E-state index in [4.69, 9.17) is 11.5 Å². The van der Waals surface area contributed by atoms with Crippen LogP contribution in [0.15, 0.2) is 0 Å². The van der Waals surface area contributed by atoms with Gasteiger partial charge in [0.15, 0.2) is 0 Å². The number of hydrogen-bond donors (Lipinski definition) is 1. The molecule has 0 spiro atoms. The van der Waals surface area contributed by atoms with Crippen LogP contribution in [0.5, 0.6) is 0 Å². The maximum Gasteiger partial charge on any atom is 0.309 e. The number of carboxylic acid groups (broad SMARTS) is 1. The Morgan fingerprint density at radius 3 is 2.60 bits per heavy atom. The summed E-state index contributed by atoms with van der Waals surface area (Å²) >= 11 is 0. The molecule has 54 valence electrons. The summed E-state index contributed by atoms with van der Waals surface area (Å²) in [4.78, 5) is 10.5. The van der Waals surface area contributed by atoms with Crippen LogP contribution in [-0.2, 0) is 4.79 Å². The summed E-state index contributed by atoms with van der Waals surface area (Å²) in [5.41, 5.74) is -0.424. The number of rotatable bonds is 3. The highest BCUT2D eigenvalue weighted by Gasteiger charge is 2.49. The normalized spacial score (nSPS) is 19.5. The van der Waals surface area contributed by atoms with E-state index in [1.165, 1.54) is 0 Å². The molecular weight excluding hydrogens is 128 g/mol. The highest BCUT2D eigenvalue weighted by Crippen LogP contribution is 2.49. The SMILES string of the molecule is C#CCCC1(C(=O)O)CC1. The van der Waals surface area contributed by atoms with Crippen molar-refractivity contribution in [1.82, 2.24) is 0 Å². The van der Waals surface area contributed by atoms with Gasteiger partial charge in [-0.05, 0) is 19.3 Å². The lowest BCUT2D eigenvalue weighted by Gasteiger charge is -2.04. The first-order valence-electron chi connectivity index (χ1n) is 3.38. The molecule has 1 N–H and O–H groups in total. The standard InChI is InChI=1S/C8H10O2/c1-2-3-4-8(5-6-8)7(9)10/h1H,3-6H2,(H,9,10). The molecule has 0 aliphatic heterocycles. The fourth-order valence-electron chi connectivity index (χ4n) is 1.03. The van der Waals surface area contributed by atoms with Gasteiger partial charge in [0.1, 0.15) is 0 Å². The van der Waals surface area contributed by atoms with E-state index in [1.807, 2.05) is 0 Å². The fourth-order valence-corrected chi connectivity index (χ4v) is 1.03. The van der Waals surface area contributed by atoms with E-state index < -0.39 is 11.4 Å². The maximum absolute atomic E-state index is 10.5. The zero-order valence-electron chi connectivity index (χ0n) is 5.76. The highest BCUT2D eigenvalue weighted by atomic mass is 16.4. The molecule has 2 nitrogen and oxygen atoms in total. The third kappa shape index (κ3) is 1.13. The molecule has 1 aliphatic rings. The molecule has 0 radical (unpaired) electrons. The van der Waals surface area contributed by atoms with Gasteiger partial charge in [0.2, 0.25) is 0 Å². The molecule has 1 aliphatic carbocycles. The van der Waals surface area contributed by atoms with Gasteiger partial charge in [-0.25, -0.2) is 0 Å². The summed E-state index contributed by atoms with van der Waals surface area (Å²) in [5.74, 6) is 1.78. The second kappa shape index (κ2) is 2.34. The van der Waals surface area contributed by atoms with Gasteiger partial charge in [0.25, 0.3) is 0 Å². The average molecular weight is 138 g/mol. The number of carboxylic acids is 1. The van der Waals surface area contributed by atoms with Crippen molar-refractivity contribution in [2.75, 3.05) is 0 Å². The molecule has 0 aromatic rings. The first kappa shape index (κ1) is 7.14. The van der Waals surface area contributed by atoms with Crippen molar-refractivity contribution in [3.05, 3.63) is 0 Å². The zero-order valence-corrected chi connectivity index (χ0v) is 5.76. The van der Waals surface area contributed by atoms with Crippen LogP contribution in [0.1, 0.15) is 25.7 Å². The predicted molar refractivity (Wildman–Crippen MR) is 37.4 cm³/mol. The molecule has 1 rings (SSSR count). The van der Waals surface area contributed by atoms with Crippen LogP contribution in [0.2, 0.25) is 0 Å². The van der Waals surface area contributed by atoms with Crippen LogP contribution < -0.4 is 0 Å². The lowest BCUT2D eigenvalue weighted by Crippen LogP contribution is -2.13. The van der Waals surface area contributed by atoms with Crippen molar-refractivity contribution in [1.29, 1.82) is 0 Å². The quantitative estimate of drug-likeness (QED) is 0.596. The molecule has 0 atom stereocenters. The van der Waals surface area contributed by atoms with Gasteiger partial charge < -0.3 is 5.11 Å². The summed E-state index contributed by atoms with van der Waals surface area (Å²) in [7, 11) is 0. The van der Waals surface area contributed by atoms with E-state index in [0.29, 0.717) is 12.8 Å². The van der Waals surface area contributed by atoms with Crippen LogP contribution in [0.4, 0.5) is 0 Å². The summed E-state index contributed by atoms with van der Waals surface area (Å²) in [6.45, 7) is 0. The van der Waals surface area contributed by atoms with Crippen molar-refractivity contribution in [2.24, 2.45) is 5.41 Å². The number of aliphatic carboxylic acids is 1. The Kier molecular flexibility index (Phi) is 1.67. The van der Waals surface area contributed by atoms with Crippen molar-refractivity contribution in [3.63, 3.8) is 0 Å². The van der Waals surface area contributed by atoms with Crippen LogP contribution in [0, 0.1) is 17.8 Å². The lowest BCUT2D eigenvalue weighted by atomic mass is 10.0. The smallest absolute Gasteiger partial charge is 0.309 e. The Hall–Kier alpha value is -0.970. The predicted octanol–water partition coefficient (Wildman–Crippen LogP) is 1.26. The Labute approximate surface area is 60.2 Å². The average Bonchev–Trinajstić information content (AvgIpc) is 2.64. The fraction of sp³-hybridized carbons (Fsp3) is 0.625. The van der Waals surface area contributed by atoms with Gasteiger partial charge in [-0.15, -0.1) is 12.3 Å². The maximum atomic E-state index is 10.5. The van der Waals surface area contributed by atoms with Crippen molar-refractivity contribution in [2.45, 2.75) is 25.7 Å². The van der Waals surface area contributed by atoms with Crippen LogP contribution in [-0.4, -0.2) is 11.1 Å². The van der Waals surface area contributed by atoms with Gasteiger partial charge >= 0.3 is 5.97 Å². The molecule has 0 unspecified atom stereocenters. The first-order chi connectivity index (χ1) is 4.71. The molecule has 1 saturated carbocycles. The molecule has 0 heterocycles. The van der Waals surface area contributed by atoms with Crippen LogP contribution >= 0.6 is 0 Å². The molecule has 1 fully saturated rings. The third-order valence-corrected chi connectivity index (χ3v) is 2.06. The van der Waals surface area contributed by atoms with Gasteiger partial charge in [0, 0.05) is 6.42 Å². The largest absolute Gasteiger partial charge is 0.481 e. The molecule has 0 aromatic heterocycles. The summed E-state index contributed by atoms with van der Waals surface area (Å²) < 4.78 is 0. The number of carbonyl (C=O) groups is 1. The Morgan fingerprint density at radius 2 is 2.30 bits per heavy atom. The Morgan fingerprint density at radius 1 is 1.70 bits per heavy atom. The molecule has 0 saturated heterocycles. The van der Waals surface area contributed by atoms with E-state index in [1.54, 1.807) is 0 Å². The molecule has 0 amide bonds. The van der Waals surface area contributed by atoms with Crippen molar-refractivity contribution >= 4 is 5.97 Å². The molecular formula is C8H10O2. The Bertz CT molecular complexity index is 184. The van der Waals surface area contributed by atoms with Gasteiger partial charge in [-0.3, -0.25) is 4.79 Å². The minimum Gasteiger partial charge on any atom is -0.481 e. The summed E-state index contributed by atoms with van der Waals surface area (Å²) in [6.07, 6.45) is 7.88. The van der Waals surface area contributed by atoms with Crippen molar-refractivity contribution in [3.8, 4) is 12.3 Å². The van der Waals surface area contributed by atoms with Gasteiger partial charge in [-0.1, -0.05) is 0 Å². The van der Waals surface area contributed by atoms with Crippen LogP contribution in [0.3, 0.4) is 0 Å². The van der Waals surface area contributed by atoms with E-state index >= 15 is 0 Å². The van der Waals surface area contributed by atoms with Gasteiger partial charge in [-0.2, -0.15) is 0 Å². The molecule has 2 heteroatoms. The van der Waals surface area contributed by atoms with E-state index in [-0.39, 0.29) is 0 Å². The van der Waals surface area contributed by atoms with Crippen molar-refractivity contribution < 1.29 is 9.90 Å². The van der Waals surface area contributed by atoms with E-state index in [9.17, 15) is 4.79 Å². The first-order valence-corrected chi connectivity index (χ1v) is 3.38. The minimum atomic E-state index is -0.678. The number of terminal acetylenes is 1. The minimum absolute atomic E-state index is 0.424. The molecule has 10 heavy (non-hydrogen) atoms. The monoisotopic (exact) mass is 138 g/mol. The third-order valence-electron chi connectivity index (χ3n) is 2.06. The molecule has 0 bridgehead atoms. The molecule has 0 aromatic carbocycles. The van der Waals surface area contributed by atoms with Crippen LogP contribution in [0.25, 0.3) is 0 Å². The highest BCUT2D eigenvalue weighted by molar-refractivity contribution is 5.77. The number of hydrogen-bond acceptors (Lipinski definition) is 1. The van der Waals surface area contributed by atoms with E-state index in [0.717, 1.165) is 12.8 Å². The topological polar surface area (TPSA) is 37.3 Å². The summed E-state index contributed by atoms with van der Waals surface area (Å²) in [6, 6.07) is 0. The lowest BCUT2D eigenvalue weighted by molar-refractivity contribution is -0.143.